The maximum absolute atomic E-state index is 12.9. The minimum Gasteiger partial charge on any atom is -0.508 e. The van der Waals surface area contributed by atoms with Gasteiger partial charge in [-0.2, -0.15) is 0 Å². The highest BCUT2D eigenvalue weighted by atomic mass is 16.6. The lowest BCUT2D eigenvalue weighted by Crippen LogP contribution is -2.44. The number of nitro benzene ring substituents is 1. The lowest BCUT2D eigenvalue weighted by Gasteiger charge is -2.32. The minimum atomic E-state index is -0.449. The third-order valence-electron chi connectivity index (χ3n) is 5.20. The predicted octanol–water partition coefficient (Wildman–Crippen LogP) is 2.46. The van der Waals surface area contributed by atoms with E-state index in [1.54, 1.807) is 29.2 Å². The van der Waals surface area contributed by atoms with Crippen LogP contribution in [0.3, 0.4) is 0 Å². The van der Waals surface area contributed by atoms with Crippen LogP contribution in [0.15, 0.2) is 42.5 Å². The van der Waals surface area contributed by atoms with Crippen LogP contribution in [0, 0.1) is 10.1 Å². The summed E-state index contributed by atoms with van der Waals surface area (Å²) in [5.41, 5.74) is 2.82. The van der Waals surface area contributed by atoms with Crippen molar-refractivity contribution in [1.82, 2.24) is 4.90 Å². The number of hydrogen-bond acceptors (Lipinski definition) is 5. The summed E-state index contributed by atoms with van der Waals surface area (Å²) in [7, 11) is 0. The van der Waals surface area contributed by atoms with Gasteiger partial charge in [0.25, 0.3) is 5.69 Å². The number of fused-ring (bicyclic) bond motifs is 1. The number of phenolic OH excluding ortho intramolecular Hbond substituents is 1. The molecule has 2 aromatic carbocycles. The van der Waals surface area contributed by atoms with Crippen LogP contribution in [0.4, 0.5) is 11.4 Å². The largest absolute Gasteiger partial charge is 0.508 e. The van der Waals surface area contributed by atoms with Gasteiger partial charge in [-0.1, -0.05) is 12.1 Å². The fourth-order valence-corrected chi connectivity index (χ4v) is 3.87. The van der Waals surface area contributed by atoms with Gasteiger partial charge in [0.1, 0.15) is 5.75 Å². The number of anilines is 1. The summed E-state index contributed by atoms with van der Waals surface area (Å²) in [5.74, 6) is 0.218. The highest BCUT2D eigenvalue weighted by molar-refractivity contribution is 5.99. The van der Waals surface area contributed by atoms with Crippen LogP contribution in [0.25, 0.3) is 0 Å². The Morgan fingerprint density at radius 3 is 2.77 bits per heavy atom. The van der Waals surface area contributed by atoms with E-state index in [-0.39, 0.29) is 23.4 Å². The van der Waals surface area contributed by atoms with Crippen molar-refractivity contribution in [2.45, 2.75) is 25.4 Å². The van der Waals surface area contributed by atoms with Crippen molar-refractivity contribution in [2.75, 3.05) is 18.0 Å². The van der Waals surface area contributed by atoms with Gasteiger partial charge in [-0.05, 0) is 42.2 Å². The summed E-state index contributed by atoms with van der Waals surface area (Å²) in [4.78, 5) is 27.2. The number of amides is 1. The Balaban J connectivity index is 1.53. The van der Waals surface area contributed by atoms with Crippen LogP contribution in [-0.2, 0) is 17.8 Å². The zero-order valence-electron chi connectivity index (χ0n) is 14.2. The van der Waals surface area contributed by atoms with Gasteiger partial charge in [-0.15, -0.1) is 0 Å². The maximum atomic E-state index is 12.9. The summed E-state index contributed by atoms with van der Waals surface area (Å²) in [6.07, 6.45) is 1.53. The number of benzene rings is 2. The zero-order valence-corrected chi connectivity index (χ0v) is 14.2. The van der Waals surface area contributed by atoms with E-state index in [4.69, 9.17) is 0 Å². The van der Waals surface area contributed by atoms with Crippen molar-refractivity contribution in [3.8, 4) is 5.75 Å². The van der Waals surface area contributed by atoms with Crippen molar-refractivity contribution in [3.63, 3.8) is 0 Å². The molecular weight excluding hydrogens is 334 g/mol. The van der Waals surface area contributed by atoms with Gasteiger partial charge in [0.05, 0.1) is 16.7 Å². The third kappa shape index (κ3) is 2.90. The zero-order chi connectivity index (χ0) is 18.3. The standard InChI is InChI=1S/C19H19N3O4/c23-17-5-4-13-6-8-20(12-14(13)10-17)18-7-9-21(19(18)24)15-2-1-3-16(11-15)22(25)26/h1-5,10-11,18,23H,6-9,12H2/t18-/m0/s1. The van der Waals surface area contributed by atoms with Gasteiger partial charge in [0, 0.05) is 31.8 Å². The van der Waals surface area contributed by atoms with Crippen molar-refractivity contribution in [2.24, 2.45) is 0 Å². The summed E-state index contributed by atoms with van der Waals surface area (Å²) in [5, 5.41) is 20.7. The van der Waals surface area contributed by atoms with E-state index in [0.29, 0.717) is 25.2 Å². The lowest BCUT2D eigenvalue weighted by molar-refractivity contribution is -0.384. The van der Waals surface area contributed by atoms with Gasteiger partial charge in [0.15, 0.2) is 0 Å². The minimum absolute atomic E-state index is 0.0128. The number of non-ortho nitro benzene ring substituents is 1. The Hall–Kier alpha value is -2.93. The van der Waals surface area contributed by atoms with Crippen LogP contribution >= 0.6 is 0 Å². The van der Waals surface area contributed by atoms with E-state index in [9.17, 15) is 20.0 Å². The smallest absolute Gasteiger partial charge is 0.271 e. The number of aromatic hydroxyl groups is 1. The molecule has 26 heavy (non-hydrogen) atoms. The molecule has 0 spiro atoms. The topological polar surface area (TPSA) is 86.9 Å². The van der Waals surface area contributed by atoms with Crippen LogP contribution < -0.4 is 4.90 Å². The summed E-state index contributed by atoms with van der Waals surface area (Å²) >= 11 is 0. The van der Waals surface area contributed by atoms with Crippen molar-refractivity contribution in [1.29, 1.82) is 0 Å². The molecule has 1 N–H and O–H groups in total. The van der Waals surface area contributed by atoms with Crippen molar-refractivity contribution in [3.05, 3.63) is 63.7 Å². The molecule has 0 aliphatic carbocycles. The van der Waals surface area contributed by atoms with E-state index in [0.717, 1.165) is 18.5 Å². The number of nitrogens with zero attached hydrogens (tertiary/aromatic N) is 3. The molecule has 0 aromatic heterocycles. The molecule has 0 bridgehead atoms. The molecule has 134 valence electrons. The second kappa shape index (κ2) is 6.42. The Labute approximate surface area is 150 Å². The molecule has 2 aliphatic heterocycles. The molecule has 4 rings (SSSR count). The van der Waals surface area contributed by atoms with E-state index >= 15 is 0 Å². The molecule has 1 saturated heterocycles. The number of carbonyl (C=O) groups is 1. The van der Waals surface area contributed by atoms with Crippen LogP contribution in [0.2, 0.25) is 0 Å². The normalized spacial score (nSPS) is 20.2. The van der Waals surface area contributed by atoms with Crippen molar-refractivity contribution >= 4 is 17.3 Å². The van der Waals surface area contributed by atoms with Gasteiger partial charge in [-0.3, -0.25) is 19.8 Å². The monoisotopic (exact) mass is 353 g/mol. The molecule has 2 heterocycles. The van der Waals surface area contributed by atoms with Gasteiger partial charge in [-0.25, -0.2) is 0 Å². The van der Waals surface area contributed by atoms with E-state index in [1.165, 1.54) is 17.7 Å². The third-order valence-corrected chi connectivity index (χ3v) is 5.20. The Morgan fingerprint density at radius 2 is 1.96 bits per heavy atom. The molecule has 1 fully saturated rings. The molecule has 0 saturated carbocycles. The van der Waals surface area contributed by atoms with Gasteiger partial charge in [0.2, 0.25) is 5.91 Å². The molecule has 2 aromatic rings. The first-order valence-electron chi connectivity index (χ1n) is 8.63. The predicted molar refractivity (Wildman–Crippen MR) is 96.1 cm³/mol. The SMILES string of the molecule is O=C1[C@@H](N2CCc3ccc(O)cc3C2)CCN1c1cccc([N+](=O)[O-])c1. The number of phenols is 1. The first-order chi connectivity index (χ1) is 12.5. The summed E-state index contributed by atoms with van der Waals surface area (Å²) < 4.78 is 0. The number of nitro groups is 1. The second-order valence-corrected chi connectivity index (χ2v) is 6.74. The maximum Gasteiger partial charge on any atom is 0.271 e. The number of hydrogen-bond donors (Lipinski definition) is 1. The van der Waals surface area contributed by atoms with Crippen LogP contribution in [0.5, 0.6) is 5.75 Å². The molecule has 2 aliphatic rings. The molecule has 7 heteroatoms. The Bertz CT molecular complexity index is 883. The Kier molecular flexibility index (Phi) is 4.08. The van der Waals surface area contributed by atoms with Crippen molar-refractivity contribution < 1.29 is 14.8 Å². The summed E-state index contributed by atoms with van der Waals surface area (Å²) in [6, 6.07) is 11.4. The first-order valence-corrected chi connectivity index (χ1v) is 8.63. The first kappa shape index (κ1) is 16.5. The fourth-order valence-electron chi connectivity index (χ4n) is 3.87. The fraction of sp³-hybridized carbons (Fsp3) is 0.316. The molecule has 1 atom stereocenters. The van der Waals surface area contributed by atoms with E-state index < -0.39 is 4.92 Å². The molecule has 0 radical (unpaired) electrons. The molecule has 0 unspecified atom stereocenters. The quantitative estimate of drug-likeness (QED) is 0.677. The summed E-state index contributed by atoms with van der Waals surface area (Å²) in [6.45, 7) is 1.97. The Morgan fingerprint density at radius 1 is 1.12 bits per heavy atom. The number of rotatable bonds is 3. The van der Waals surface area contributed by atoms with Gasteiger partial charge < -0.3 is 10.0 Å². The van der Waals surface area contributed by atoms with Gasteiger partial charge >= 0.3 is 0 Å². The van der Waals surface area contributed by atoms with Crippen LogP contribution in [-0.4, -0.2) is 40.0 Å². The second-order valence-electron chi connectivity index (χ2n) is 6.74. The molecular formula is C19H19N3O4. The number of carbonyl (C=O) groups excluding carboxylic acids is 1. The highest BCUT2D eigenvalue weighted by Crippen LogP contribution is 2.30. The average molecular weight is 353 g/mol. The molecule has 1 amide bonds. The van der Waals surface area contributed by atoms with E-state index in [1.807, 2.05) is 6.07 Å². The highest BCUT2D eigenvalue weighted by Gasteiger charge is 2.38. The van der Waals surface area contributed by atoms with E-state index in [2.05, 4.69) is 4.90 Å². The molecule has 7 nitrogen and oxygen atoms in total. The lowest BCUT2D eigenvalue weighted by atomic mass is 9.98. The average Bonchev–Trinajstić information content (AvgIpc) is 3.02. The van der Waals surface area contributed by atoms with Crippen LogP contribution in [0.1, 0.15) is 17.5 Å².